The Morgan fingerprint density at radius 1 is 0.444 bits per heavy atom. The van der Waals surface area contributed by atoms with Crippen LogP contribution in [-0.4, -0.2) is 59.3 Å². The molecule has 0 fully saturated rings. The molecule has 178 valence electrons. The third-order valence-electron chi connectivity index (χ3n) is 5.14. The lowest BCUT2D eigenvalue weighted by Gasteiger charge is -2.10. The smallest absolute Gasteiger partial charge is 0.336 e. The van der Waals surface area contributed by atoms with Crippen LogP contribution in [0.25, 0.3) is 34.2 Å². The summed E-state index contributed by atoms with van der Waals surface area (Å²) in [6.45, 7) is 0. The van der Waals surface area contributed by atoms with Crippen LogP contribution in [0.4, 0.5) is 0 Å². The maximum absolute atomic E-state index is 11.7. The predicted molar refractivity (Wildman–Crippen MR) is 124 cm³/mol. The molecule has 0 aliphatic carbocycles. The third-order valence-corrected chi connectivity index (χ3v) is 5.14. The summed E-state index contributed by atoms with van der Waals surface area (Å²) in [5.41, 5.74) is -0.843. The standard InChI is InChI=1S/C25H15N3O8/c29-22(30)15-8-6-13(10-17(15)24(33)34)20-26-19(12-4-2-1-3-5-12)27-21(28-20)14-7-9-16(23(31)32)18(11-14)25(35)36/h1-11H,(H,29,30)(H,31,32)(H,33,34)(H,35,36). The van der Waals surface area contributed by atoms with Crippen molar-refractivity contribution in [1.29, 1.82) is 0 Å². The van der Waals surface area contributed by atoms with Gasteiger partial charge in [-0.15, -0.1) is 0 Å². The summed E-state index contributed by atoms with van der Waals surface area (Å²) in [6, 6.07) is 15.9. The summed E-state index contributed by atoms with van der Waals surface area (Å²) in [6.07, 6.45) is 0. The Kier molecular flexibility index (Phi) is 6.21. The minimum absolute atomic E-state index is 0.00234. The number of carboxylic acids is 4. The molecule has 0 saturated carbocycles. The molecular weight excluding hydrogens is 470 g/mol. The van der Waals surface area contributed by atoms with Gasteiger partial charge in [0.05, 0.1) is 22.3 Å². The van der Waals surface area contributed by atoms with Crippen LogP contribution in [0.5, 0.6) is 0 Å². The second kappa shape index (κ2) is 9.43. The molecule has 0 bridgehead atoms. The van der Waals surface area contributed by atoms with Gasteiger partial charge in [-0.25, -0.2) is 34.1 Å². The van der Waals surface area contributed by atoms with E-state index in [2.05, 4.69) is 15.0 Å². The van der Waals surface area contributed by atoms with Crippen molar-refractivity contribution in [3.05, 3.63) is 89.0 Å². The first-order valence-electron chi connectivity index (χ1n) is 10.2. The minimum Gasteiger partial charge on any atom is -0.478 e. The van der Waals surface area contributed by atoms with Crippen LogP contribution < -0.4 is 0 Å². The molecule has 0 unspecified atom stereocenters. The van der Waals surface area contributed by atoms with Crippen molar-refractivity contribution < 1.29 is 39.6 Å². The predicted octanol–water partition coefficient (Wildman–Crippen LogP) is 3.67. The van der Waals surface area contributed by atoms with Gasteiger partial charge in [0.1, 0.15) is 0 Å². The SMILES string of the molecule is O=C(O)c1ccc(-c2nc(-c3ccccc3)nc(-c3ccc(C(=O)O)c(C(=O)O)c3)n2)cc1C(=O)O. The maximum atomic E-state index is 11.7. The number of nitrogens with zero attached hydrogens (tertiary/aromatic N) is 3. The number of hydrogen-bond donors (Lipinski definition) is 4. The highest BCUT2D eigenvalue weighted by atomic mass is 16.4. The number of aromatic nitrogens is 3. The number of carbonyl (C=O) groups is 4. The van der Waals surface area contributed by atoms with E-state index in [0.29, 0.717) is 5.56 Å². The zero-order chi connectivity index (χ0) is 26.0. The molecule has 0 radical (unpaired) electrons. The summed E-state index contributed by atoms with van der Waals surface area (Å²) < 4.78 is 0. The largest absolute Gasteiger partial charge is 0.478 e. The van der Waals surface area contributed by atoms with E-state index >= 15 is 0 Å². The maximum Gasteiger partial charge on any atom is 0.336 e. The van der Waals surface area contributed by atoms with E-state index in [1.54, 1.807) is 30.3 Å². The van der Waals surface area contributed by atoms with Crippen molar-refractivity contribution in [2.75, 3.05) is 0 Å². The quantitative estimate of drug-likeness (QED) is 0.299. The number of carboxylic acid groups (broad SMARTS) is 4. The zero-order valence-corrected chi connectivity index (χ0v) is 18.1. The van der Waals surface area contributed by atoms with Crippen LogP contribution >= 0.6 is 0 Å². The minimum atomic E-state index is -1.46. The van der Waals surface area contributed by atoms with Crippen molar-refractivity contribution in [3.8, 4) is 34.2 Å². The van der Waals surface area contributed by atoms with Crippen molar-refractivity contribution in [3.63, 3.8) is 0 Å². The summed E-state index contributed by atoms with van der Waals surface area (Å²) >= 11 is 0. The van der Waals surface area contributed by atoms with Gasteiger partial charge in [0.15, 0.2) is 17.5 Å². The van der Waals surface area contributed by atoms with Crippen LogP contribution in [0.2, 0.25) is 0 Å². The Morgan fingerprint density at radius 2 is 0.806 bits per heavy atom. The first kappa shape index (κ1) is 23.7. The van der Waals surface area contributed by atoms with Gasteiger partial charge >= 0.3 is 23.9 Å². The van der Waals surface area contributed by atoms with E-state index in [4.69, 9.17) is 0 Å². The van der Waals surface area contributed by atoms with Gasteiger partial charge in [-0.05, 0) is 24.3 Å². The number of aromatic carboxylic acids is 4. The first-order chi connectivity index (χ1) is 17.2. The molecule has 11 heteroatoms. The lowest BCUT2D eigenvalue weighted by Crippen LogP contribution is -2.09. The molecule has 1 heterocycles. The highest BCUT2D eigenvalue weighted by Gasteiger charge is 2.21. The molecule has 0 aliphatic rings. The van der Waals surface area contributed by atoms with E-state index in [1.807, 2.05) is 0 Å². The van der Waals surface area contributed by atoms with Crippen LogP contribution in [0.3, 0.4) is 0 Å². The normalized spacial score (nSPS) is 10.6. The molecule has 3 aromatic carbocycles. The molecule has 0 aliphatic heterocycles. The Balaban J connectivity index is 1.96. The molecule has 0 spiro atoms. The van der Waals surface area contributed by atoms with E-state index in [1.165, 1.54) is 12.1 Å². The molecular formula is C25H15N3O8. The van der Waals surface area contributed by atoms with Crippen LogP contribution in [0.15, 0.2) is 66.7 Å². The van der Waals surface area contributed by atoms with E-state index in [9.17, 15) is 39.6 Å². The summed E-state index contributed by atoms with van der Waals surface area (Å²) in [5, 5.41) is 37.6. The van der Waals surface area contributed by atoms with Gasteiger partial charge in [0.25, 0.3) is 0 Å². The van der Waals surface area contributed by atoms with E-state index in [-0.39, 0.29) is 28.6 Å². The summed E-state index contributed by atoms with van der Waals surface area (Å²) in [5.74, 6) is -5.58. The Labute approximate surface area is 202 Å². The number of hydrogen-bond acceptors (Lipinski definition) is 7. The lowest BCUT2D eigenvalue weighted by molar-refractivity contribution is 0.0651. The Hall–Kier alpha value is -5.45. The molecule has 1 aromatic heterocycles. The van der Waals surface area contributed by atoms with Crippen LogP contribution in [0.1, 0.15) is 41.4 Å². The van der Waals surface area contributed by atoms with Crippen molar-refractivity contribution >= 4 is 23.9 Å². The van der Waals surface area contributed by atoms with Gasteiger partial charge in [-0.2, -0.15) is 0 Å². The van der Waals surface area contributed by atoms with Crippen molar-refractivity contribution in [2.24, 2.45) is 0 Å². The van der Waals surface area contributed by atoms with Gasteiger partial charge in [0, 0.05) is 16.7 Å². The monoisotopic (exact) mass is 485 g/mol. The average Bonchev–Trinajstić information content (AvgIpc) is 2.88. The second-order valence-corrected chi connectivity index (χ2v) is 7.41. The van der Waals surface area contributed by atoms with Crippen LogP contribution in [-0.2, 0) is 0 Å². The molecule has 4 aromatic rings. The molecule has 0 atom stereocenters. The molecule has 0 saturated heterocycles. The van der Waals surface area contributed by atoms with Gasteiger partial charge < -0.3 is 20.4 Å². The first-order valence-corrected chi connectivity index (χ1v) is 10.2. The summed E-state index contributed by atoms with van der Waals surface area (Å²) in [7, 11) is 0. The Bertz CT molecular complexity index is 1460. The zero-order valence-electron chi connectivity index (χ0n) is 18.1. The average molecular weight is 485 g/mol. The fourth-order valence-electron chi connectivity index (χ4n) is 3.44. The molecule has 36 heavy (non-hydrogen) atoms. The van der Waals surface area contributed by atoms with Crippen molar-refractivity contribution in [2.45, 2.75) is 0 Å². The fraction of sp³-hybridized carbons (Fsp3) is 0. The molecule has 11 nitrogen and oxygen atoms in total. The second-order valence-electron chi connectivity index (χ2n) is 7.41. The van der Waals surface area contributed by atoms with E-state index < -0.39 is 46.1 Å². The van der Waals surface area contributed by atoms with Gasteiger partial charge in [-0.3, -0.25) is 0 Å². The number of benzene rings is 3. The molecule has 4 N–H and O–H groups in total. The molecule has 0 amide bonds. The van der Waals surface area contributed by atoms with Gasteiger partial charge in [-0.1, -0.05) is 42.5 Å². The topological polar surface area (TPSA) is 188 Å². The highest BCUT2D eigenvalue weighted by Crippen LogP contribution is 2.27. The Morgan fingerprint density at radius 3 is 1.17 bits per heavy atom. The van der Waals surface area contributed by atoms with Crippen LogP contribution in [0, 0.1) is 0 Å². The summed E-state index contributed by atoms with van der Waals surface area (Å²) in [4.78, 5) is 59.3. The van der Waals surface area contributed by atoms with Crippen molar-refractivity contribution in [1.82, 2.24) is 15.0 Å². The lowest BCUT2D eigenvalue weighted by atomic mass is 10.0. The fourth-order valence-corrected chi connectivity index (χ4v) is 3.44. The molecule has 4 rings (SSSR count). The number of rotatable bonds is 7. The van der Waals surface area contributed by atoms with Gasteiger partial charge in [0.2, 0.25) is 0 Å². The highest BCUT2D eigenvalue weighted by molar-refractivity contribution is 6.03. The van der Waals surface area contributed by atoms with E-state index in [0.717, 1.165) is 24.3 Å². The third kappa shape index (κ3) is 4.61.